The highest BCUT2D eigenvalue weighted by Gasteiger charge is 2.19. The Balaban J connectivity index is 2.21. The maximum Gasteiger partial charge on any atom is 0.0918 e. The molecule has 0 radical (unpaired) electrons. The Kier molecular flexibility index (Phi) is 2.80. The third kappa shape index (κ3) is 1.78. The molecule has 1 unspecified atom stereocenters. The zero-order valence-electron chi connectivity index (χ0n) is 8.26. The van der Waals surface area contributed by atoms with Gasteiger partial charge in [-0.25, -0.2) is 0 Å². The van der Waals surface area contributed by atoms with Crippen LogP contribution in [0, 0.1) is 5.92 Å². The van der Waals surface area contributed by atoms with Crippen molar-refractivity contribution in [1.29, 1.82) is 0 Å². The van der Waals surface area contributed by atoms with Crippen molar-refractivity contribution in [2.75, 3.05) is 7.11 Å². The fourth-order valence-corrected chi connectivity index (χ4v) is 1.81. The Morgan fingerprint density at radius 2 is 1.71 bits per heavy atom. The number of ether oxygens (including phenoxy) is 1. The first-order valence-corrected chi connectivity index (χ1v) is 4.84. The standard InChI is InChI=1S/C13H14O/c1-14-13(12-9-5-6-10-12)11-7-3-2-4-8-11/h2-10,12-13H,1H3. The second-order valence-corrected chi connectivity index (χ2v) is 3.41. The molecule has 1 aliphatic rings. The molecule has 0 aliphatic heterocycles. The summed E-state index contributed by atoms with van der Waals surface area (Å²) < 4.78 is 5.52. The molecule has 1 atom stereocenters. The summed E-state index contributed by atoms with van der Waals surface area (Å²) in [6.45, 7) is 0. The normalized spacial score (nSPS) is 17.5. The molecule has 72 valence electrons. The van der Waals surface area contributed by atoms with Gasteiger partial charge in [0, 0.05) is 13.0 Å². The van der Waals surface area contributed by atoms with Crippen LogP contribution in [0.4, 0.5) is 0 Å². The number of hydrogen-bond acceptors (Lipinski definition) is 1. The molecule has 14 heavy (non-hydrogen) atoms. The van der Waals surface area contributed by atoms with Crippen LogP contribution in [0.15, 0.2) is 54.6 Å². The predicted molar refractivity (Wildman–Crippen MR) is 58.0 cm³/mol. The lowest BCUT2D eigenvalue weighted by Gasteiger charge is -2.19. The van der Waals surface area contributed by atoms with Crippen LogP contribution < -0.4 is 0 Å². The van der Waals surface area contributed by atoms with E-state index in [1.54, 1.807) is 7.11 Å². The molecular formula is C13H14O. The van der Waals surface area contributed by atoms with Gasteiger partial charge >= 0.3 is 0 Å². The minimum absolute atomic E-state index is 0.145. The second-order valence-electron chi connectivity index (χ2n) is 3.41. The first kappa shape index (κ1) is 9.22. The van der Waals surface area contributed by atoms with Crippen molar-refractivity contribution >= 4 is 0 Å². The van der Waals surface area contributed by atoms with Gasteiger partial charge < -0.3 is 4.74 Å². The highest BCUT2D eigenvalue weighted by molar-refractivity contribution is 5.26. The highest BCUT2D eigenvalue weighted by Crippen LogP contribution is 2.29. The van der Waals surface area contributed by atoms with E-state index in [1.165, 1.54) is 5.56 Å². The van der Waals surface area contributed by atoms with Crippen LogP contribution in [0.2, 0.25) is 0 Å². The molecule has 0 aromatic heterocycles. The van der Waals surface area contributed by atoms with Crippen LogP contribution in [0.5, 0.6) is 0 Å². The Morgan fingerprint density at radius 3 is 2.29 bits per heavy atom. The Morgan fingerprint density at radius 1 is 1.07 bits per heavy atom. The number of benzene rings is 1. The smallest absolute Gasteiger partial charge is 0.0918 e. The average Bonchev–Trinajstić information content (AvgIpc) is 2.74. The van der Waals surface area contributed by atoms with Crippen LogP contribution in [0.3, 0.4) is 0 Å². The van der Waals surface area contributed by atoms with Gasteiger partial charge in [0.2, 0.25) is 0 Å². The molecule has 0 spiro atoms. The summed E-state index contributed by atoms with van der Waals surface area (Å²) in [5.74, 6) is 0.377. The third-order valence-corrected chi connectivity index (χ3v) is 2.51. The van der Waals surface area contributed by atoms with Gasteiger partial charge in [-0.2, -0.15) is 0 Å². The minimum atomic E-state index is 0.145. The predicted octanol–water partition coefficient (Wildman–Crippen LogP) is 3.12. The van der Waals surface area contributed by atoms with Gasteiger partial charge in [-0.3, -0.25) is 0 Å². The van der Waals surface area contributed by atoms with E-state index in [-0.39, 0.29) is 6.10 Å². The summed E-state index contributed by atoms with van der Waals surface area (Å²) in [6, 6.07) is 10.3. The summed E-state index contributed by atoms with van der Waals surface area (Å²) in [4.78, 5) is 0. The topological polar surface area (TPSA) is 9.23 Å². The van der Waals surface area contributed by atoms with Crippen molar-refractivity contribution in [3.63, 3.8) is 0 Å². The summed E-state index contributed by atoms with van der Waals surface area (Å²) in [6.07, 6.45) is 8.62. The van der Waals surface area contributed by atoms with Crippen molar-refractivity contribution in [3.05, 3.63) is 60.2 Å². The molecule has 0 heterocycles. The molecule has 1 aliphatic carbocycles. The van der Waals surface area contributed by atoms with Gasteiger partial charge in [0.1, 0.15) is 0 Å². The molecular weight excluding hydrogens is 172 g/mol. The van der Waals surface area contributed by atoms with Crippen LogP contribution in [-0.4, -0.2) is 7.11 Å². The molecule has 0 saturated carbocycles. The van der Waals surface area contributed by atoms with Gasteiger partial charge in [0.25, 0.3) is 0 Å². The molecule has 0 amide bonds. The SMILES string of the molecule is COC(c1ccccc1)C1C=CC=C1. The van der Waals surface area contributed by atoms with Crippen molar-refractivity contribution in [2.24, 2.45) is 5.92 Å². The molecule has 0 fully saturated rings. The lowest BCUT2D eigenvalue weighted by Crippen LogP contribution is -2.09. The highest BCUT2D eigenvalue weighted by atomic mass is 16.5. The average molecular weight is 186 g/mol. The molecule has 1 nitrogen and oxygen atoms in total. The summed E-state index contributed by atoms with van der Waals surface area (Å²) in [5, 5.41) is 0. The molecule has 1 heteroatoms. The van der Waals surface area contributed by atoms with E-state index in [2.05, 4.69) is 36.4 Å². The molecule has 0 N–H and O–H groups in total. The van der Waals surface area contributed by atoms with Crippen LogP contribution in [0.25, 0.3) is 0 Å². The van der Waals surface area contributed by atoms with Crippen molar-refractivity contribution in [3.8, 4) is 0 Å². The Bertz CT molecular complexity index is 326. The second kappa shape index (κ2) is 4.25. The lowest BCUT2D eigenvalue weighted by atomic mass is 9.97. The molecule has 2 rings (SSSR count). The largest absolute Gasteiger partial charge is 0.376 e. The molecule has 0 saturated heterocycles. The number of methoxy groups -OCH3 is 1. The number of rotatable bonds is 3. The Labute approximate surface area is 84.7 Å². The zero-order valence-corrected chi connectivity index (χ0v) is 8.26. The van der Waals surface area contributed by atoms with Crippen molar-refractivity contribution in [1.82, 2.24) is 0 Å². The van der Waals surface area contributed by atoms with E-state index >= 15 is 0 Å². The minimum Gasteiger partial charge on any atom is -0.376 e. The van der Waals surface area contributed by atoms with Crippen LogP contribution >= 0.6 is 0 Å². The first-order valence-electron chi connectivity index (χ1n) is 4.84. The van der Waals surface area contributed by atoms with E-state index in [4.69, 9.17) is 4.74 Å². The van der Waals surface area contributed by atoms with Gasteiger partial charge in [0.15, 0.2) is 0 Å². The first-order chi connectivity index (χ1) is 6.92. The monoisotopic (exact) mass is 186 g/mol. The summed E-state index contributed by atoms with van der Waals surface area (Å²) in [5.41, 5.74) is 1.23. The number of hydrogen-bond donors (Lipinski definition) is 0. The zero-order chi connectivity index (χ0) is 9.80. The van der Waals surface area contributed by atoms with E-state index in [0.29, 0.717) is 5.92 Å². The Hall–Kier alpha value is -1.34. The molecule has 0 bridgehead atoms. The maximum atomic E-state index is 5.52. The maximum absolute atomic E-state index is 5.52. The van der Waals surface area contributed by atoms with E-state index in [1.807, 2.05) is 18.2 Å². The lowest BCUT2D eigenvalue weighted by molar-refractivity contribution is 0.0833. The van der Waals surface area contributed by atoms with Gasteiger partial charge in [-0.15, -0.1) is 0 Å². The molecule has 1 aromatic carbocycles. The van der Waals surface area contributed by atoms with Gasteiger partial charge in [-0.05, 0) is 5.56 Å². The third-order valence-electron chi connectivity index (χ3n) is 2.51. The molecule has 1 aromatic rings. The summed E-state index contributed by atoms with van der Waals surface area (Å²) in [7, 11) is 1.76. The quantitative estimate of drug-likeness (QED) is 0.704. The van der Waals surface area contributed by atoms with Gasteiger partial charge in [0.05, 0.1) is 6.10 Å². The fourth-order valence-electron chi connectivity index (χ4n) is 1.81. The van der Waals surface area contributed by atoms with E-state index < -0.39 is 0 Å². The van der Waals surface area contributed by atoms with Crippen molar-refractivity contribution < 1.29 is 4.74 Å². The van der Waals surface area contributed by atoms with Crippen molar-refractivity contribution in [2.45, 2.75) is 6.10 Å². The number of allylic oxidation sites excluding steroid dienone is 2. The van der Waals surface area contributed by atoms with Crippen LogP contribution in [0.1, 0.15) is 11.7 Å². The van der Waals surface area contributed by atoms with Crippen LogP contribution in [-0.2, 0) is 4.74 Å². The van der Waals surface area contributed by atoms with Gasteiger partial charge in [-0.1, -0.05) is 54.6 Å². The van der Waals surface area contributed by atoms with E-state index in [0.717, 1.165) is 0 Å². The summed E-state index contributed by atoms with van der Waals surface area (Å²) >= 11 is 0. The van der Waals surface area contributed by atoms with E-state index in [9.17, 15) is 0 Å². The fraction of sp³-hybridized carbons (Fsp3) is 0.231.